The molecule has 2 aromatic rings. The monoisotopic (exact) mass is 340 g/mol. The number of piperidine rings is 1. The third-order valence-corrected chi connectivity index (χ3v) is 4.31. The molecule has 25 heavy (non-hydrogen) atoms. The van der Waals surface area contributed by atoms with Gasteiger partial charge in [0.1, 0.15) is 6.61 Å². The highest BCUT2D eigenvalue weighted by atomic mass is 16.6. The highest BCUT2D eigenvalue weighted by Gasteiger charge is 2.24. The second-order valence-electron chi connectivity index (χ2n) is 6.46. The lowest BCUT2D eigenvalue weighted by atomic mass is 9.98. The van der Waals surface area contributed by atoms with Crippen LogP contribution in [0.25, 0.3) is 0 Å². The van der Waals surface area contributed by atoms with Crippen LogP contribution in [0.2, 0.25) is 0 Å². The Morgan fingerprint density at radius 1 is 1.28 bits per heavy atom. The summed E-state index contributed by atoms with van der Waals surface area (Å²) in [6.45, 7) is 4.49. The van der Waals surface area contributed by atoms with Gasteiger partial charge in [0.25, 0.3) is 0 Å². The molecule has 1 saturated heterocycles. The van der Waals surface area contributed by atoms with E-state index in [0.717, 1.165) is 37.1 Å². The number of hydrogen-bond acceptors (Lipinski definition) is 5. The lowest BCUT2D eigenvalue weighted by molar-refractivity contribution is 0.0804. The molecule has 3 rings (SSSR count). The highest BCUT2D eigenvalue weighted by Crippen LogP contribution is 2.18. The summed E-state index contributed by atoms with van der Waals surface area (Å²) in [5, 5.41) is 3.26. The molecule has 1 unspecified atom stereocenters. The molecule has 1 aliphatic heterocycles. The molecule has 132 valence electrons. The first kappa shape index (κ1) is 17.2. The third-order valence-electron chi connectivity index (χ3n) is 4.31. The predicted octanol–water partition coefficient (Wildman–Crippen LogP) is 3.25. The highest BCUT2D eigenvalue weighted by molar-refractivity contribution is 5.67. The van der Waals surface area contributed by atoms with Crippen LogP contribution in [0.5, 0.6) is 0 Å². The molecule has 0 aliphatic carbocycles. The van der Waals surface area contributed by atoms with Crippen molar-refractivity contribution in [3.05, 3.63) is 53.9 Å². The first-order valence-electron chi connectivity index (χ1n) is 8.69. The number of ether oxygens (including phenoxy) is 1. The molecule has 2 heterocycles. The van der Waals surface area contributed by atoms with Crippen LogP contribution in [0.4, 0.5) is 10.7 Å². The van der Waals surface area contributed by atoms with Crippen LogP contribution < -0.4 is 5.32 Å². The molecule has 6 nitrogen and oxygen atoms in total. The van der Waals surface area contributed by atoms with Crippen molar-refractivity contribution >= 4 is 12.0 Å². The van der Waals surface area contributed by atoms with Gasteiger partial charge in [-0.3, -0.25) is 0 Å². The van der Waals surface area contributed by atoms with Crippen LogP contribution in [0.3, 0.4) is 0 Å². The molecule has 1 aliphatic rings. The number of nitrogens with one attached hydrogen (secondary N) is 1. The van der Waals surface area contributed by atoms with Crippen LogP contribution in [0, 0.1) is 12.8 Å². The summed E-state index contributed by atoms with van der Waals surface area (Å²) < 4.78 is 5.43. The van der Waals surface area contributed by atoms with Crippen LogP contribution in [-0.2, 0) is 11.3 Å². The number of amides is 1. The smallest absolute Gasteiger partial charge is 0.410 e. The van der Waals surface area contributed by atoms with Crippen molar-refractivity contribution in [3.8, 4) is 0 Å². The number of hydrogen-bond donors (Lipinski definition) is 1. The van der Waals surface area contributed by atoms with E-state index in [4.69, 9.17) is 4.74 Å². The van der Waals surface area contributed by atoms with Gasteiger partial charge in [-0.2, -0.15) is 0 Å². The number of benzene rings is 1. The summed E-state index contributed by atoms with van der Waals surface area (Å²) >= 11 is 0. The zero-order chi connectivity index (χ0) is 17.5. The Morgan fingerprint density at radius 2 is 2.04 bits per heavy atom. The summed E-state index contributed by atoms with van der Waals surface area (Å²) in [4.78, 5) is 22.6. The Balaban J connectivity index is 1.45. The molecular weight excluding hydrogens is 316 g/mol. The number of aromatic nitrogens is 2. The molecule has 1 amide bonds. The van der Waals surface area contributed by atoms with E-state index in [1.165, 1.54) is 0 Å². The zero-order valence-electron chi connectivity index (χ0n) is 14.5. The van der Waals surface area contributed by atoms with Gasteiger partial charge in [0.2, 0.25) is 5.95 Å². The molecule has 0 spiro atoms. The van der Waals surface area contributed by atoms with Crippen molar-refractivity contribution in [3.63, 3.8) is 0 Å². The fourth-order valence-electron chi connectivity index (χ4n) is 2.93. The van der Waals surface area contributed by atoms with E-state index in [-0.39, 0.29) is 6.09 Å². The molecular formula is C19H24N4O2. The second kappa shape index (κ2) is 8.46. The maximum absolute atomic E-state index is 12.3. The molecule has 1 N–H and O–H groups in total. The predicted molar refractivity (Wildman–Crippen MR) is 96.2 cm³/mol. The van der Waals surface area contributed by atoms with E-state index in [1.54, 1.807) is 17.3 Å². The van der Waals surface area contributed by atoms with E-state index in [9.17, 15) is 4.79 Å². The van der Waals surface area contributed by atoms with Gasteiger partial charge in [0, 0.05) is 32.0 Å². The van der Waals surface area contributed by atoms with E-state index in [1.807, 2.05) is 37.3 Å². The van der Waals surface area contributed by atoms with Gasteiger partial charge in [0.15, 0.2) is 0 Å². The van der Waals surface area contributed by atoms with E-state index in [0.29, 0.717) is 25.0 Å². The number of carbonyl (C=O) groups is 1. The van der Waals surface area contributed by atoms with Crippen LogP contribution in [0.1, 0.15) is 24.0 Å². The number of anilines is 1. The number of rotatable bonds is 5. The standard InChI is InChI=1S/C19H24N4O2/c1-15-10-20-18(21-11-15)22-12-17-8-5-9-23(13-17)19(24)25-14-16-6-3-2-4-7-16/h2-4,6-7,10-11,17H,5,8-9,12-14H2,1H3,(H,20,21,22). The van der Waals surface area contributed by atoms with Crippen LogP contribution in [-0.4, -0.2) is 40.6 Å². The van der Waals surface area contributed by atoms with Gasteiger partial charge in [-0.1, -0.05) is 30.3 Å². The second-order valence-corrected chi connectivity index (χ2v) is 6.46. The Labute approximate surface area is 148 Å². The van der Waals surface area contributed by atoms with Gasteiger partial charge >= 0.3 is 6.09 Å². The summed E-state index contributed by atoms with van der Waals surface area (Å²) in [6, 6.07) is 9.75. The molecule has 1 aromatic heterocycles. The number of likely N-dealkylation sites (tertiary alicyclic amines) is 1. The van der Waals surface area contributed by atoms with Gasteiger partial charge in [0.05, 0.1) is 0 Å². The maximum Gasteiger partial charge on any atom is 0.410 e. The first-order chi connectivity index (χ1) is 12.2. The van der Waals surface area contributed by atoms with Crippen molar-refractivity contribution in [2.75, 3.05) is 25.0 Å². The quantitative estimate of drug-likeness (QED) is 0.905. The molecule has 1 atom stereocenters. The van der Waals surface area contributed by atoms with Crippen molar-refractivity contribution in [1.82, 2.24) is 14.9 Å². The Hall–Kier alpha value is -2.63. The lowest BCUT2D eigenvalue weighted by Crippen LogP contribution is -2.42. The Morgan fingerprint density at radius 3 is 2.80 bits per heavy atom. The molecule has 0 bridgehead atoms. The average molecular weight is 340 g/mol. The largest absolute Gasteiger partial charge is 0.445 e. The zero-order valence-corrected chi connectivity index (χ0v) is 14.5. The normalized spacial score (nSPS) is 17.2. The summed E-state index contributed by atoms with van der Waals surface area (Å²) in [7, 11) is 0. The van der Waals surface area contributed by atoms with E-state index < -0.39 is 0 Å². The van der Waals surface area contributed by atoms with Gasteiger partial charge in [-0.15, -0.1) is 0 Å². The maximum atomic E-state index is 12.3. The van der Waals surface area contributed by atoms with Crippen molar-refractivity contribution in [2.24, 2.45) is 5.92 Å². The number of nitrogens with zero attached hydrogens (tertiary/aromatic N) is 3. The van der Waals surface area contributed by atoms with Crippen molar-refractivity contribution < 1.29 is 9.53 Å². The summed E-state index contributed by atoms with van der Waals surface area (Å²) in [5.74, 6) is 1.01. The third kappa shape index (κ3) is 5.17. The van der Waals surface area contributed by atoms with Crippen molar-refractivity contribution in [2.45, 2.75) is 26.4 Å². The fourth-order valence-corrected chi connectivity index (χ4v) is 2.93. The SMILES string of the molecule is Cc1cnc(NCC2CCCN(C(=O)OCc3ccccc3)C2)nc1. The van der Waals surface area contributed by atoms with Crippen LogP contribution >= 0.6 is 0 Å². The minimum Gasteiger partial charge on any atom is -0.445 e. The summed E-state index contributed by atoms with van der Waals surface area (Å²) in [6.07, 6.45) is 5.43. The molecule has 0 saturated carbocycles. The Kier molecular flexibility index (Phi) is 5.82. The average Bonchev–Trinajstić information content (AvgIpc) is 2.67. The van der Waals surface area contributed by atoms with Gasteiger partial charge in [-0.25, -0.2) is 14.8 Å². The minimum atomic E-state index is -0.236. The topological polar surface area (TPSA) is 67.4 Å². The van der Waals surface area contributed by atoms with Crippen molar-refractivity contribution in [1.29, 1.82) is 0 Å². The number of aryl methyl sites for hydroxylation is 1. The lowest BCUT2D eigenvalue weighted by Gasteiger charge is -2.32. The molecule has 6 heteroatoms. The van der Waals surface area contributed by atoms with Gasteiger partial charge in [-0.05, 0) is 36.8 Å². The van der Waals surface area contributed by atoms with E-state index in [2.05, 4.69) is 15.3 Å². The molecule has 1 fully saturated rings. The number of carbonyl (C=O) groups excluding carboxylic acids is 1. The van der Waals surface area contributed by atoms with Crippen LogP contribution in [0.15, 0.2) is 42.7 Å². The fraction of sp³-hybridized carbons (Fsp3) is 0.421. The van der Waals surface area contributed by atoms with Gasteiger partial charge < -0.3 is 15.0 Å². The molecule has 0 radical (unpaired) electrons. The minimum absolute atomic E-state index is 0.236. The van der Waals surface area contributed by atoms with E-state index >= 15 is 0 Å². The summed E-state index contributed by atoms with van der Waals surface area (Å²) in [5.41, 5.74) is 2.04. The first-order valence-corrected chi connectivity index (χ1v) is 8.69. The molecule has 1 aromatic carbocycles. The Bertz CT molecular complexity index is 676.